The first-order chi connectivity index (χ1) is 16.1. The van der Waals surface area contributed by atoms with Gasteiger partial charge in [0.1, 0.15) is 23.7 Å². The summed E-state index contributed by atoms with van der Waals surface area (Å²) < 4.78 is 13.0. The predicted octanol–water partition coefficient (Wildman–Crippen LogP) is 3.83. The van der Waals surface area contributed by atoms with Gasteiger partial charge in [0.25, 0.3) is 0 Å². The van der Waals surface area contributed by atoms with E-state index < -0.39 is 5.97 Å². The monoisotopic (exact) mass is 443 g/mol. The second kappa shape index (κ2) is 8.58. The van der Waals surface area contributed by atoms with Crippen LogP contribution in [0.25, 0.3) is 11.1 Å². The molecule has 2 N–H and O–H groups in total. The van der Waals surface area contributed by atoms with E-state index in [1.54, 1.807) is 23.9 Å². The average Bonchev–Trinajstić information content (AvgIpc) is 3.21. The van der Waals surface area contributed by atoms with Gasteiger partial charge in [-0.2, -0.15) is 10.1 Å². The number of pyridine rings is 1. The van der Waals surface area contributed by atoms with E-state index in [0.29, 0.717) is 23.9 Å². The zero-order valence-corrected chi connectivity index (χ0v) is 18.1. The summed E-state index contributed by atoms with van der Waals surface area (Å²) in [7, 11) is 1.88. The fourth-order valence-corrected chi connectivity index (χ4v) is 3.58. The second-order valence-electron chi connectivity index (χ2n) is 7.28. The van der Waals surface area contributed by atoms with E-state index in [2.05, 4.69) is 30.7 Å². The molecule has 1 aliphatic rings. The van der Waals surface area contributed by atoms with Crippen LogP contribution in [0.15, 0.2) is 55.0 Å². The van der Waals surface area contributed by atoms with Gasteiger partial charge >= 0.3 is 5.97 Å². The molecule has 0 saturated carbocycles. The van der Waals surface area contributed by atoms with Gasteiger partial charge in [-0.05, 0) is 25.1 Å². The molecule has 10 heteroatoms. The Hall–Kier alpha value is -4.47. The number of carbonyl (C=O) groups is 1. The number of aryl methyl sites for hydroxylation is 1. The Bertz CT molecular complexity index is 1320. The molecule has 0 unspecified atom stereocenters. The Morgan fingerprint density at radius 3 is 2.88 bits per heavy atom. The number of benzene rings is 1. The third kappa shape index (κ3) is 4.05. The summed E-state index contributed by atoms with van der Waals surface area (Å²) in [6.45, 7) is 2.33. The van der Waals surface area contributed by atoms with Crippen molar-refractivity contribution in [3.63, 3.8) is 0 Å². The Kier molecular flexibility index (Phi) is 5.31. The highest BCUT2D eigenvalue weighted by Gasteiger charge is 2.24. The van der Waals surface area contributed by atoms with Crippen LogP contribution in [0.2, 0.25) is 0 Å². The zero-order valence-electron chi connectivity index (χ0n) is 18.1. The lowest BCUT2D eigenvalue weighted by Crippen LogP contribution is -2.13. The van der Waals surface area contributed by atoms with Crippen LogP contribution in [0, 0.1) is 0 Å². The van der Waals surface area contributed by atoms with E-state index in [0.717, 1.165) is 16.8 Å². The molecule has 0 saturated heterocycles. The van der Waals surface area contributed by atoms with Crippen molar-refractivity contribution in [2.75, 3.05) is 17.2 Å². The van der Waals surface area contributed by atoms with Crippen molar-refractivity contribution in [2.24, 2.45) is 7.05 Å². The molecule has 0 fully saturated rings. The molecule has 4 aromatic rings. The van der Waals surface area contributed by atoms with E-state index in [4.69, 9.17) is 9.47 Å². The minimum absolute atomic E-state index is 0.207. The van der Waals surface area contributed by atoms with Crippen LogP contribution in [0.4, 0.5) is 23.3 Å². The topological polar surface area (TPSA) is 116 Å². The Balaban J connectivity index is 1.53. The molecule has 166 valence electrons. The number of nitrogens with one attached hydrogen (secondary N) is 2. The number of hydrogen-bond donors (Lipinski definition) is 2. The van der Waals surface area contributed by atoms with Crippen LogP contribution in [-0.2, 0) is 18.4 Å². The van der Waals surface area contributed by atoms with Crippen LogP contribution in [0.1, 0.15) is 23.0 Å². The largest absolute Gasteiger partial charge is 0.484 e. The predicted molar refractivity (Wildman–Crippen MR) is 122 cm³/mol. The molecule has 0 amide bonds. The van der Waals surface area contributed by atoms with Crippen molar-refractivity contribution in [3.8, 4) is 16.9 Å². The fraction of sp³-hybridized carbons (Fsp3) is 0.174. The smallest absolute Gasteiger partial charge is 0.343 e. The van der Waals surface area contributed by atoms with E-state index in [-0.39, 0.29) is 23.9 Å². The minimum atomic E-state index is -0.523. The van der Waals surface area contributed by atoms with E-state index in [9.17, 15) is 4.79 Å². The third-order valence-corrected chi connectivity index (χ3v) is 5.01. The van der Waals surface area contributed by atoms with Crippen molar-refractivity contribution in [2.45, 2.75) is 13.5 Å². The molecule has 0 aliphatic carbocycles. The number of rotatable bonds is 6. The van der Waals surface area contributed by atoms with Gasteiger partial charge in [-0.25, -0.2) is 14.8 Å². The van der Waals surface area contributed by atoms with Crippen molar-refractivity contribution >= 4 is 29.2 Å². The summed E-state index contributed by atoms with van der Waals surface area (Å²) in [5.41, 5.74) is 3.66. The minimum Gasteiger partial charge on any atom is -0.484 e. The van der Waals surface area contributed by atoms with Crippen molar-refractivity contribution in [1.82, 2.24) is 24.7 Å². The fourth-order valence-electron chi connectivity index (χ4n) is 3.58. The van der Waals surface area contributed by atoms with Crippen molar-refractivity contribution < 1.29 is 14.3 Å². The highest BCUT2D eigenvalue weighted by molar-refractivity contribution is 5.96. The normalized spacial score (nSPS) is 11.7. The maximum atomic E-state index is 12.6. The standard InChI is InChI=1S/C23H21N7O3/c1-3-32-22(31)15-11-25-23(27-19-9-4-5-10-24-19)28-21(15)26-17-8-6-7-14-16-12-30(2)29-18(16)13-33-20(14)17/h4-12H,3,13H2,1-2H3,(H2,24,25,26,27,28). The zero-order chi connectivity index (χ0) is 22.8. The molecule has 0 spiro atoms. The molecular weight excluding hydrogens is 422 g/mol. The van der Waals surface area contributed by atoms with E-state index in [1.807, 2.05) is 43.6 Å². The Morgan fingerprint density at radius 1 is 1.15 bits per heavy atom. The molecule has 5 rings (SSSR count). The van der Waals surface area contributed by atoms with Crippen LogP contribution in [0.3, 0.4) is 0 Å². The molecular formula is C23H21N7O3. The van der Waals surface area contributed by atoms with Gasteiger partial charge in [0.05, 0.1) is 12.3 Å². The summed E-state index contributed by atoms with van der Waals surface area (Å²) in [6, 6.07) is 11.2. The van der Waals surface area contributed by atoms with E-state index in [1.165, 1.54) is 6.20 Å². The van der Waals surface area contributed by atoms with Gasteiger partial charge in [0.2, 0.25) is 5.95 Å². The van der Waals surface area contributed by atoms with Crippen LogP contribution >= 0.6 is 0 Å². The summed E-state index contributed by atoms with van der Waals surface area (Å²) >= 11 is 0. The lowest BCUT2D eigenvalue weighted by molar-refractivity contribution is 0.0526. The first kappa shape index (κ1) is 20.4. The maximum Gasteiger partial charge on any atom is 0.343 e. The van der Waals surface area contributed by atoms with Crippen LogP contribution in [0.5, 0.6) is 5.75 Å². The number of anilines is 4. The SMILES string of the molecule is CCOC(=O)c1cnc(Nc2ccccn2)nc1Nc1cccc2c1OCc1nn(C)cc1-2. The van der Waals surface area contributed by atoms with Crippen molar-refractivity contribution in [3.05, 3.63) is 66.2 Å². The van der Waals surface area contributed by atoms with Gasteiger partial charge in [-0.1, -0.05) is 18.2 Å². The molecule has 0 radical (unpaired) electrons. The quantitative estimate of drug-likeness (QED) is 0.429. The second-order valence-corrected chi connectivity index (χ2v) is 7.28. The summed E-state index contributed by atoms with van der Waals surface area (Å²) in [6.07, 6.45) is 5.05. The molecule has 4 heterocycles. The first-order valence-corrected chi connectivity index (χ1v) is 10.4. The number of aromatic nitrogens is 5. The maximum absolute atomic E-state index is 12.6. The van der Waals surface area contributed by atoms with Crippen molar-refractivity contribution in [1.29, 1.82) is 0 Å². The highest BCUT2D eigenvalue weighted by Crippen LogP contribution is 2.42. The van der Waals surface area contributed by atoms with Crippen LogP contribution < -0.4 is 15.4 Å². The van der Waals surface area contributed by atoms with E-state index >= 15 is 0 Å². The van der Waals surface area contributed by atoms with Crippen LogP contribution in [-0.4, -0.2) is 37.3 Å². The van der Waals surface area contributed by atoms with Gasteiger partial charge < -0.3 is 20.1 Å². The molecule has 1 aromatic carbocycles. The van der Waals surface area contributed by atoms with Gasteiger partial charge in [0.15, 0.2) is 11.6 Å². The Morgan fingerprint density at radius 2 is 2.06 bits per heavy atom. The first-order valence-electron chi connectivity index (χ1n) is 10.4. The summed E-state index contributed by atoms with van der Waals surface area (Å²) in [4.78, 5) is 25.6. The molecule has 33 heavy (non-hydrogen) atoms. The van der Waals surface area contributed by atoms with Gasteiger partial charge in [-0.15, -0.1) is 0 Å². The summed E-state index contributed by atoms with van der Waals surface area (Å²) in [5, 5.41) is 10.7. The number of nitrogens with zero attached hydrogens (tertiary/aromatic N) is 5. The number of fused-ring (bicyclic) bond motifs is 3. The van der Waals surface area contributed by atoms with Gasteiger partial charge in [-0.3, -0.25) is 4.68 Å². The lowest BCUT2D eigenvalue weighted by atomic mass is 10.0. The summed E-state index contributed by atoms with van der Waals surface area (Å²) in [5.74, 6) is 1.28. The molecule has 1 aliphatic heterocycles. The van der Waals surface area contributed by atoms with Gasteiger partial charge in [0, 0.05) is 36.8 Å². The molecule has 3 aromatic heterocycles. The molecule has 10 nitrogen and oxygen atoms in total. The number of esters is 1. The molecule has 0 atom stereocenters. The number of para-hydroxylation sites is 1. The Labute approximate surface area is 189 Å². The highest BCUT2D eigenvalue weighted by atomic mass is 16.5. The molecule has 0 bridgehead atoms. The number of ether oxygens (including phenoxy) is 2. The third-order valence-electron chi connectivity index (χ3n) is 5.01. The average molecular weight is 443 g/mol. The number of carbonyl (C=O) groups excluding carboxylic acids is 1. The number of hydrogen-bond acceptors (Lipinski definition) is 9. The lowest BCUT2D eigenvalue weighted by Gasteiger charge is -2.21.